The Morgan fingerprint density at radius 3 is 2.53 bits per heavy atom. The maximum atomic E-state index is 12.2. The Morgan fingerprint density at radius 1 is 1.29 bits per heavy atom. The lowest BCUT2D eigenvalue weighted by Gasteiger charge is -2.16. The summed E-state index contributed by atoms with van der Waals surface area (Å²) in [5.74, 6) is 0.182. The van der Waals surface area contributed by atoms with Gasteiger partial charge in [-0.15, -0.1) is 12.4 Å². The summed E-state index contributed by atoms with van der Waals surface area (Å²) < 4.78 is 28.7. The van der Waals surface area contributed by atoms with Crippen molar-refractivity contribution in [3.8, 4) is 5.75 Å². The molecule has 5 heteroatoms. The Balaban J connectivity index is 0.00000256. The molecule has 2 nitrogen and oxygen atoms in total. The topological polar surface area (TPSA) is 35.2 Å². The second-order valence-electron chi connectivity index (χ2n) is 3.67. The van der Waals surface area contributed by atoms with Crippen LogP contribution in [0.2, 0.25) is 0 Å². The van der Waals surface area contributed by atoms with Crippen molar-refractivity contribution < 1.29 is 13.5 Å². The fourth-order valence-corrected chi connectivity index (χ4v) is 1.57. The highest BCUT2D eigenvalue weighted by atomic mass is 35.5. The molecule has 98 valence electrons. The fourth-order valence-electron chi connectivity index (χ4n) is 1.57. The van der Waals surface area contributed by atoms with Gasteiger partial charge < -0.3 is 10.5 Å². The fraction of sp³-hybridized carbons (Fsp3) is 0.500. The summed E-state index contributed by atoms with van der Waals surface area (Å²) in [6.07, 6.45) is 2.79. The van der Waals surface area contributed by atoms with Gasteiger partial charge in [-0.25, -0.2) is 0 Å². The zero-order valence-corrected chi connectivity index (χ0v) is 10.6. The highest BCUT2D eigenvalue weighted by molar-refractivity contribution is 5.85. The van der Waals surface area contributed by atoms with Crippen molar-refractivity contribution in [2.45, 2.75) is 38.8 Å². The molecule has 0 fully saturated rings. The molecule has 0 heterocycles. The van der Waals surface area contributed by atoms with Crippen LogP contribution in [-0.2, 0) is 0 Å². The Morgan fingerprint density at radius 2 is 1.94 bits per heavy atom. The lowest BCUT2D eigenvalue weighted by Crippen LogP contribution is -2.13. The van der Waals surface area contributed by atoms with Crippen molar-refractivity contribution in [2.24, 2.45) is 5.73 Å². The van der Waals surface area contributed by atoms with Gasteiger partial charge in [-0.3, -0.25) is 0 Å². The second-order valence-corrected chi connectivity index (χ2v) is 3.67. The minimum atomic E-state index is -2.81. The smallest absolute Gasteiger partial charge is 0.387 e. The van der Waals surface area contributed by atoms with Crippen molar-refractivity contribution in [2.75, 3.05) is 0 Å². The molecule has 0 bridgehead atoms. The third-order valence-corrected chi connectivity index (χ3v) is 2.40. The Kier molecular flexibility index (Phi) is 7.83. The van der Waals surface area contributed by atoms with Crippen LogP contribution in [0.25, 0.3) is 0 Å². The van der Waals surface area contributed by atoms with Crippen molar-refractivity contribution in [1.29, 1.82) is 0 Å². The van der Waals surface area contributed by atoms with Gasteiger partial charge in [0.1, 0.15) is 5.75 Å². The van der Waals surface area contributed by atoms with Crippen LogP contribution < -0.4 is 10.5 Å². The molecule has 0 unspecified atom stereocenters. The summed E-state index contributed by atoms with van der Waals surface area (Å²) >= 11 is 0. The average Bonchev–Trinajstić information content (AvgIpc) is 2.26. The molecule has 0 aliphatic rings. The van der Waals surface area contributed by atoms with Crippen molar-refractivity contribution in [3.63, 3.8) is 0 Å². The normalized spacial score (nSPS) is 12.1. The van der Waals surface area contributed by atoms with E-state index in [9.17, 15) is 8.78 Å². The molecule has 0 aromatic heterocycles. The molecule has 1 aromatic carbocycles. The maximum Gasteiger partial charge on any atom is 0.387 e. The first-order valence-electron chi connectivity index (χ1n) is 5.44. The van der Waals surface area contributed by atoms with Crippen LogP contribution >= 0.6 is 12.4 Å². The van der Waals surface area contributed by atoms with E-state index in [2.05, 4.69) is 11.7 Å². The van der Waals surface area contributed by atoms with Gasteiger partial charge in [0, 0.05) is 11.6 Å². The van der Waals surface area contributed by atoms with E-state index in [1.54, 1.807) is 18.2 Å². The SMILES string of the molecule is CCCC[C@H](N)c1ccccc1OC(F)F.Cl. The zero-order valence-electron chi connectivity index (χ0n) is 9.74. The van der Waals surface area contributed by atoms with Crippen LogP contribution in [0.1, 0.15) is 37.8 Å². The van der Waals surface area contributed by atoms with E-state index in [1.807, 2.05) is 0 Å². The number of halogens is 3. The van der Waals surface area contributed by atoms with E-state index in [0.717, 1.165) is 19.3 Å². The number of alkyl halides is 2. The molecule has 1 aromatic rings. The molecular weight excluding hydrogens is 248 g/mol. The van der Waals surface area contributed by atoms with Crippen LogP contribution in [-0.4, -0.2) is 6.61 Å². The molecule has 0 amide bonds. The molecule has 1 rings (SSSR count). The Labute approximate surface area is 107 Å². The lowest BCUT2D eigenvalue weighted by molar-refractivity contribution is -0.0506. The number of benzene rings is 1. The van der Waals surface area contributed by atoms with Crippen LogP contribution in [0.5, 0.6) is 5.75 Å². The quantitative estimate of drug-likeness (QED) is 0.847. The molecule has 17 heavy (non-hydrogen) atoms. The van der Waals surface area contributed by atoms with Crippen molar-refractivity contribution >= 4 is 12.4 Å². The summed E-state index contributed by atoms with van der Waals surface area (Å²) in [6.45, 7) is -0.742. The van der Waals surface area contributed by atoms with Gasteiger partial charge in [0.15, 0.2) is 0 Å². The highest BCUT2D eigenvalue weighted by Gasteiger charge is 2.14. The summed E-state index contributed by atoms with van der Waals surface area (Å²) in [4.78, 5) is 0. The first-order valence-corrected chi connectivity index (χ1v) is 5.44. The molecule has 0 saturated heterocycles. The minimum absolute atomic E-state index is 0. The number of rotatable bonds is 6. The third kappa shape index (κ3) is 5.33. The summed E-state index contributed by atoms with van der Waals surface area (Å²) in [6, 6.07) is 6.45. The minimum Gasteiger partial charge on any atom is -0.434 e. The maximum absolute atomic E-state index is 12.2. The first-order chi connectivity index (χ1) is 7.65. The van der Waals surface area contributed by atoms with Gasteiger partial charge in [-0.05, 0) is 12.5 Å². The van der Waals surface area contributed by atoms with Gasteiger partial charge in [-0.2, -0.15) is 8.78 Å². The first kappa shape index (κ1) is 16.1. The van der Waals surface area contributed by atoms with Crippen LogP contribution in [0.3, 0.4) is 0 Å². The largest absolute Gasteiger partial charge is 0.434 e. The van der Waals surface area contributed by atoms with Gasteiger partial charge >= 0.3 is 6.61 Å². The number of hydrogen-bond donors (Lipinski definition) is 1. The average molecular weight is 266 g/mol. The number of nitrogens with two attached hydrogens (primary N) is 1. The molecule has 2 N–H and O–H groups in total. The van der Waals surface area contributed by atoms with E-state index in [4.69, 9.17) is 5.73 Å². The standard InChI is InChI=1S/C12H17F2NO.ClH/c1-2-3-7-10(15)9-6-4-5-8-11(9)16-12(13)14;/h4-6,8,10,12H,2-3,7,15H2,1H3;1H/t10-;/m0./s1. The van der Waals surface area contributed by atoms with Crippen molar-refractivity contribution in [3.05, 3.63) is 29.8 Å². The second kappa shape index (κ2) is 8.25. The van der Waals surface area contributed by atoms with Gasteiger partial charge in [0.05, 0.1) is 0 Å². The zero-order chi connectivity index (χ0) is 12.0. The van der Waals surface area contributed by atoms with E-state index in [1.165, 1.54) is 6.07 Å². The molecule has 0 saturated carbocycles. The van der Waals surface area contributed by atoms with Crippen molar-refractivity contribution in [1.82, 2.24) is 0 Å². The molecule has 0 radical (unpaired) electrons. The Hall–Kier alpha value is -0.870. The molecule has 0 spiro atoms. The van der Waals surface area contributed by atoms with Gasteiger partial charge in [-0.1, -0.05) is 38.0 Å². The van der Waals surface area contributed by atoms with Crippen LogP contribution in [0.15, 0.2) is 24.3 Å². The highest BCUT2D eigenvalue weighted by Crippen LogP contribution is 2.27. The van der Waals surface area contributed by atoms with Gasteiger partial charge in [0.2, 0.25) is 0 Å². The van der Waals surface area contributed by atoms with E-state index >= 15 is 0 Å². The molecule has 1 atom stereocenters. The van der Waals surface area contributed by atoms with Crippen LogP contribution in [0.4, 0.5) is 8.78 Å². The predicted octanol–water partition coefficient (Wildman–Crippen LogP) is 3.90. The van der Waals surface area contributed by atoms with E-state index < -0.39 is 6.61 Å². The molecule has 0 aliphatic heterocycles. The monoisotopic (exact) mass is 265 g/mol. The summed E-state index contributed by atoms with van der Waals surface area (Å²) in [5.41, 5.74) is 6.58. The van der Waals surface area contributed by atoms with Crippen LogP contribution in [0, 0.1) is 0 Å². The predicted molar refractivity (Wildman–Crippen MR) is 66.8 cm³/mol. The summed E-state index contributed by atoms with van der Waals surface area (Å²) in [5, 5.41) is 0. The van der Waals surface area contributed by atoms with Gasteiger partial charge in [0.25, 0.3) is 0 Å². The van der Waals surface area contributed by atoms with E-state index in [0.29, 0.717) is 5.56 Å². The number of unbranched alkanes of at least 4 members (excludes halogenated alkanes) is 1. The number of ether oxygens (including phenoxy) is 1. The molecule has 0 aliphatic carbocycles. The Bertz CT molecular complexity index is 323. The number of para-hydroxylation sites is 1. The van der Waals surface area contributed by atoms with E-state index in [-0.39, 0.29) is 24.2 Å². The number of hydrogen-bond acceptors (Lipinski definition) is 2. The summed E-state index contributed by atoms with van der Waals surface area (Å²) in [7, 11) is 0. The molecular formula is C12H18ClF2NO. The third-order valence-electron chi connectivity index (χ3n) is 2.40. The lowest BCUT2D eigenvalue weighted by atomic mass is 10.0.